The van der Waals surface area contributed by atoms with Crippen LogP contribution in [0.3, 0.4) is 0 Å². The van der Waals surface area contributed by atoms with E-state index in [0.717, 1.165) is 0 Å². The predicted molar refractivity (Wildman–Crippen MR) is 52.3 cm³/mol. The first-order valence-corrected chi connectivity index (χ1v) is 4.07. The normalized spacial score (nSPS) is 9.64. The third kappa shape index (κ3) is 1.85. The maximum Gasteiger partial charge on any atom is 0.360 e. The van der Waals surface area contributed by atoms with Gasteiger partial charge in [-0.25, -0.2) is 14.8 Å². The molecule has 3 N–H and O–H groups in total. The first kappa shape index (κ1) is 10.5. The monoisotopic (exact) mass is 216 g/mol. The Morgan fingerprint density at radius 2 is 2.21 bits per heavy atom. The largest absolute Gasteiger partial charge is 0.464 e. The second-order valence-electron chi connectivity index (χ2n) is 2.34. The van der Waals surface area contributed by atoms with Gasteiger partial charge in [-0.15, -0.1) is 0 Å². The van der Waals surface area contributed by atoms with Crippen molar-refractivity contribution in [1.82, 2.24) is 9.97 Å². The molecule has 0 atom stereocenters. The van der Waals surface area contributed by atoms with E-state index in [0.29, 0.717) is 0 Å². The number of anilines is 2. The van der Waals surface area contributed by atoms with Crippen LogP contribution in [0.1, 0.15) is 10.5 Å². The molecule has 0 bridgehead atoms. The molecule has 1 heterocycles. The number of ether oxygens (including phenoxy) is 1. The topological polar surface area (TPSA) is 90.1 Å². The van der Waals surface area contributed by atoms with Gasteiger partial charge >= 0.3 is 5.97 Å². The fourth-order valence-corrected chi connectivity index (χ4v) is 0.968. The van der Waals surface area contributed by atoms with Crippen LogP contribution in [0.4, 0.5) is 11.6 Å². The van der Waals surface area contributed by atoms with Crippen LogP contribution in [-0.2, 0) is 4.74 Å². The molecule has 0 aliphatic rings. The van der Waals surface area contributed by atoms with Gasteiger partial charge in [0.1, 0.15) is 0 Å². The summed E-state index contributed by atoms with van der Waals surface area (Å²) in [6, 6.07) is 0. The number of carbonyl (C=O) groups is 1. The zero-order chi connectivity index (χ0) is 10.7. The lowest BCUT2D eigenvalue weighted by Gasteiger charge is -2.06. The van der Waals surface area contributed by atoms with E-state index in [2.05, 4.69) is 20.0 Å². The fraction of sp³-hybridized carbons (Fsp3) is 0.286. The lowest BCUT2D eigenvalue weighted by Crippen LogP contribution is -2.12. The van der Waals surface area contributed by atoms with E-state index in [1.807, 2.05) is 0 Å². The molecule has 0 unspecified atom stereocenters. The molecule has 6 nitrogen and oxygen atoms in total. The Morgan fingerprint density at radius 3 is 2.71 bits per heavy atom. The Labute approximate surface area is 85.4 Å². The highest BCUT2D eigenvalue weighted by Crippen LogP contribution is 2.19. The summed E-state index contributed by atoms with van der Waals surface area (Å²) in [4.78, 5) is 18.8. The molecular weight excluding hydrogens is 208 g/mol. The molecule has 0 fully saturated rings. The molecule has 1 rings (SSSR count). The van der Waals surface area contributed by atoms with Crippen LogP contribution < -0.4 is 11.1 Å². The Balaban J connectivity index is 3.27. The van der Waals surface area contributed by atoms with Crippen molar-refractivity contribution < 1.29 is 9.53 Å². The van der Waals surface area contributed by atoms with Crippen LogP contribution in [0, 0.1) is 0 Å². The molecule has 76 valence electrons. The molecule has 0 spiro atoms. The predicted octanol–water partition coefficient (Wildman–Crippen LogP) is 0.540. The van der Waals surface area contributed by atoms with Crippen molar-refractivity contribution in [3.63, 3.8) is 0 Å². The molecule has 1 aromatic rings. The molecule has 0 radical (unpaired) electrons. The van der Waals surface area contributed by atoms with E-state index in [9.17, 15) is 4.79 Å². The summed E-state index contributed by atoms with van der Waals surface area (Å²) in [6.45, 7) is 0. The van der Waals surface area contributed by atoms with Gasteiger partial charge in [-0.05, 0) is 0 Å². The lowest BCUT2D eigenvalue weighted by molar-refractivity contribution is 0.0595. The molecule has 7 heteroatoms. The molecule has 14 heavy (non-hydrogen) atoms. The third-order valence-electron chi connectivity index (χ3n) is 1.49. The maximum atomic E-state index is 11.2. The van der Waals surface area contributed by atoms with E-state index < -0.39 is 5.97 Å². The Bertz CT molecular complexity index is 369. The molecule has 0 saturated heterocycles. The minimum absolute atomic E-state index is 0.00852. The van der Waals surface area contributed by atoms with Crippen LogP contribution in [0.5, 0.6) is 0 Å². The number of esters is 1. The van der Waals surface area contributed by atoms with Gasteiger partial charge in [-0.3, -0.25) is 0 Å². The van der Waals surface area contributed by atoms with E-state index in [1.54, 1.807) is 7.05 Å². The average molecular weight is 217 g/mol. The quantitative estimate of drug-likeness (QED) is 0.702. The van der Waals surface area contributed by atoms with Crippen molar-refractivity contribution in [2.24, 2.45) is 0 Å². The summed E-state index contributed by atoms with van der Waals surface area (Å²) in [5.74, 6) is -0.328. The third-order valence-corrected chi connectivity index (χ3v) is 1.77. The van der Waals surface area contributed by atoms with E-state index in [1.165, 1.54) is 7.11 Å². The van der Waals surface area contributed by atoms with Crippen molar-refractivity contribution in [1.29, 1.82) is 0 Å². The number of methoxy groups -OCH3 is 1. The fourth-order valence-electron chi connectivity index (χ4n) is 0.841. The Kier molecular flexibility index (Phi) is 3.08. The van der Waals surface area contributed by atoms with Gasteiger partial charge in [0.2, 0.25) is 0 Å². The van der Waals surface area contributed by atoms with Gasteiger partial charge in [0.15, 0.2) is 22.5 Å². The van der Waals surface area contributed by atoms with E-state index in [4.69, 9.17) is 17.3 Å². The second-order valence-corrected chi connectivity index (χ2v) is 2.70. The van der Waals surface area contributed by atoms with Crippen LogP contribution in [0.15, 0.2) is 0 Å². The average Bonchev–Trinajstić information content (AvgIpc) is 2.20. The molecule has 0 saturated carbocycles. The highest BCUT2D eigenvalue weighted by atomic mass is 35.5. The first-order valence-electron chi connectivity index (χ1n) is 3.69. The molecule has 0 aliphatic heterocycles. The van der Waals surface area contributed by atoms with Crippen LogP contribution >= 0.6 is 11.6 Å². The number of hydrogen-bond acceptors (Lipinski definition) is 6. The van der Waals surface area contributed by atoms with Crippen LogP contribution in [0.2, 0.25) is 5.15 Å². The van der Waals surface area contributed by atoms with Gasteiger partial charge in [-0.2, -0.15) is 0 Å². The number of nitrogens with zero attached hydrogens (tertiary/aromatic N) is 2. The number of nitrogens with two attached hydrogens (primary N) is 1. The van der Waals surface area contributed by atoms with Gasteiger partial charge in [-0.1, -0.05) is 11.6 Å². The van der Waals surface area contributed by atoms with E-state index in [-0.39, 0.29) is 22.5 Å². The zero-order valence-electron chi connectivity index (χ0n) is 7.67. The lowest BCUT2D eigenvalue weighted by atomic mass is 10.4. The number of carbonyl (C=O) groups excluding carboxylic acids is 1. The molecule has 0 aromatic carbocycles. The first-order chi connectivity index (χ1) is 6.60. The number of nitrogens with one attached hydrogen (secondary N) is 1. The highest BCUT2D eigenvalue weighted by Gasteiger charge is 2.17. The Hall–Kier alpha value is -1.56. The van der Waals surface area contributed by atoms with Gasteiger partial charge < -0.3 is 15.8 Å². The highest BCUT2D eigenvalue weighted by molar-refractivity contribution is 6.31. The summed E-state index contributed by atoms with van der Waals surface area (Å²) < 4.78 is 4.49. The van der Waals surface area contributed by atoms with Crippen molar-refractivity contribution in [2.75, 3.05) is 25.2 Å². The minimum atomic E-state index is -0.622. The van der Waals surface area contributed by atoms with Crippen molar-refractivity contribution in [3.05, 3.63) is 10.8 Å². The van der Waals surface area contributed by atoms with Gasteiger partial charge in [0.05, 0.1) is 7.11 Å². The molecule has 1 aromatic heterocycles. The molecule has 0 aliphatic carbocycles. The molecule has 0 amide bonds. The minimum Gasteiger partial charge on any atom is -0.464 e. The summed E-state index contributed by atoms with van der Waals surface area (Å²) in [7, 11) is 2.83. The van der Waals surface area contributed by atoms with Crippen LogP contribution in [0.25, 0.3) is 0 Å². The number of hydrogen-bond donors (Lipinski definition) is 2. The standard InChI is InChI=1S/C7H9ClN4O2/c1-10-6-3(7(13)14-2)11-4(8)5(9)12-6/h1-2H3,(H3,9,10,12). The maximum absolute atomic E-state index is 11.2. The van der Waals surface area contributed by atoms with Crippen molar-refractivity contribution >= 4 is 29.2 Å². The van der Waals surface area contributed by atoms with Gasteiger partial charge in [0, 0.05) is 7.05 Å². The van der Waals surface area contributed by atoms with E-state index >= 15 is 0 Å². The summed E-state index contributed by atoms with van der Waals surface area (Å²) in [5, 5.41) is 2.64. The summed E-state index contributed by atoms with van der Waals surface area (Å²) >= 11 is 5.61. The summed E-state index contributed by atoms with van der Waals surface area (Å²) in [6.07, 6.45) is 0. The number of aromatic nitrogens is 2. The van der Waals surface area contributed by atoms with Gasteiger partial charge in [0.25, 0.3) is 0 Å². The summed E-state index contributed by atoms with van der Waals surface area (Å²) in [5.41, 5.74) is 5.42. The van der Waals surface area contributed by atoms with Crippen molar-refractivity contribution in [3.8, 4) is 0 Å². The Morgan fingerprint density at radius 1 is 1.57 bits per heavy atom. The number of rotatable bonds is 2. The van der Waals surface area contributed by atoms with Crippen molar-refractivity contribution in [2.45, 2.75) is 0 Å². The second kappa shape index (κ2) is 4.10. The molecular formula is C7H9ClN4O2. The number of nitrogen functional groups attached to an aromatic ring is 1. The SMILES string of the molecule is CNc1nc(N)c(Cl)nc1C(=O)OC. The smallest absolute Gasteiger partial charge is 0.360 e. The zero-order valence-corrected chi connectivity index (χ0v) is 8.42. The number of halogens is 1. The van der Waals surface area contributed by atoms with Crippen LogP contribution in [-0.4, -0.2) is 30.1 Å².